The lowest BCUT2D eigenvalue weighted by Gasteiger charge is -2.18. The molecule has 0 aliphatic heterocycles. The highest BCUT2D eigenvalue weighted by Crippen LogP contribution is 2.29. The minimum Gasteiger partial charge on any atom is -0.497 e. The van der Waals surface area contributed by atoms with Gasteiger partial charge in [0.2, 0.25) is 5.91 Å². The zero-order chi connectivity index (χ0) is 23.7. The van der Waals surface area contributed by atoms with Gasteiger partial charge in [-0.15, -0.1) is 10.2 Å². The highest BCUT2D eigenvalue weighted by atomic mass is 32.2. The predicted octanol–water partition coefficient (Wildman–Crippen LogP) is 3.78. The smallest absolute Gasteiger partial charge is 0.234 e. The van der Waals surface area contributed by atoms with E-state index in [0.717, 1.165) is 5.69 Å². The minimum atomic E-state index is -0.278. The molecule has 5 rings (SSSR count). The Hall–Kier alpha value is -4.24. The number of amides is 1. The second-order valence-corrected chi connectivity index (χ2v) is 8.43. The lowest BCUT2D eigenvalue weighted by atomic mass is 9.84. The van der Waals surface area contributed by atoms with Gasteiger partial charge in [0.15, 0.2) is 16.7 Å². The predicted molar refractivity (Wildman–Crippen MR) is 127 cm³/mol. The molecule has 4 aromatic rings. The van der Waals surface area contributed by atoms with Gasteiger partial charge < -0.3 is 10.1 Å². The first-order chi connectivity index (χ1) is 16.5. The van der Waals surface area contributed by atoms with E-state index in [4.69, 9.17) is 4.74 Å². The Balaban J connectivity index is 1.29. The van der Waals surface area contributed by atoms with E-state index in [1.165, 1.54) is 11.8 Å². The maximum absolute atomic E-state index is 12.9. The van der Waals surface area contributed by atoms with Crippen LogP contribution in [0.4, 0.5) is 5.69 Å². The van der Waals surface area contributed by atoms with Crippen LogP contribution in [0, 0.1) is 0 Å². The maximum atomic E-state index is 12.9. The van der Waals surface area contributed by atoms with Gasteiger partial charge >= 0.3 is 0 Å². The van der Waals surface area contributed by atoms with Crippen molar-refractivity contribution >= 4 is 34.9 Å². The first-order valence-electron chi connectivity index (χ1n) is 10.3. The molecule has 0 unspecified atom stereocenters. The number of ketones is 2. The van der Waals surface area contributed by atoms with Gasteiger partial charge in [0.25, 0.3) is 0 Å². The minimum absolute atomic E-state index is 0.0788. The molecule has 34 heavy (non-hydrogen) atoms. The molecule has 3 aromatic carbocycles. The monoisotopic (exact) mass is 470 g/mol. The highest BCUT2D eigenvalue weighted by Gasteiger charge is 2.29. The quantitative estimate of drug-likeness (QED) is 0.377. The van der Waals surface area contributed by atoms with Crippen molar-refractivity contribution < 1.29 is 19.1 Å². The molecule has 0 fully saturated rings. The van der Waals surface area contributed by atoms with Crippen LogP contribution in [0.1, 0.15) is 31.8 Å². The van der Waals surface area contributed by atoms with Crippen LogP contribution >= 0.6 is 11.8 Å². The fourth-order valence-electron chi connectivity index (χ4n) is 3.76. The van der Waals surface area contributed by atoms with Crippen LogP contribution in [-0.4, -0.2) is 45.1 Å². The number of anilines is 1. The molecule has 0 bridgehead atoms. The number of hydrogen-bond donors (Lipinski definition) is 1. The van der Waals surface area contributed by atoms with Crippen LogP contribution in [0.25, 0.3) is 5.69 Å². The van der Waals surface area contributed by atoms with Crippen LogP contribution < -0.4 is 10.1 Å². The Morgan fingerprint density at radius 2 is 1.68 bits per heavy atom. The molecule has 168 valence electrons. The summed E-state index contributed by atoms with van der Waals surface area (Å²) in [5.41, 5.74) is 2.64. The third-order valence-electron chi connectivity index (χ3n) is 5.39. The lowest BCUT2D eigenvalue weighted by Crippen LogP contribution is -2.21. The molecule has 1 heterocycles. The topological polar surface area (TPSA) is 103 Å². The van der Waals surface area contributed by atoms with Gasteiger partial charge in [-0.3, -0.25) is 19.0 Å². The molecule has 0 saturated heterocycles. The number of nitrogens with one attached hydrogen (secondary N) is 1. The van der Waals surface area contributed by atoms with Gasteiger partial charge in [-0.05, 0) is 30.3 Å². The fourth-order valence-corrected chi connectivity index (χ4v) is 4.49. The van der Waals surface area contributed by atoms with Crippen molar-refractivity contribution in [2.75, 3.05) is 18.2 Å². The molecule has 1 N–H and O–H groups in total. The molecule has 0 atom stereocenters. The number of thioether (sulfide) groups is 1. The number of fused-ring (bicyclic) bond motifs is 2. The lowest BCUT2D eigenvalue weighted by molar-refractivity contribution is -0.113. The maximum Gasteiger partial charge on any atom is 0.234 e. The number of nitrogens with zero attached hydrogens (tertiary/aromatic N) is 3. The summed E-state index contributed by atoms with van der Waals surface area (Å²) in [5.74, 6) is 0.0655. The SMILES string of the molecule is COc1cccc(-n2cnnc2SCC(=O)Nc2ccc3c(c2)C(=O)c2ccccc2C3=O)c1. The number of carbonyl (C=O) groups excluding carboxylic acids is 3. The summed E-state index contributed by atoms with van der Waals surface area (Å²) in [6.07, 6.45) is 1.57. The van der Waals surface area contributed by atoms with Crippen molar-refractivity contribution in [1.29, 1.82) is 0 Å². The van der Waals surface area contributed by atoms with Gasteiger partial charge in [-0.25, -0.2) is 0 Å². The summed E-state index contributed by atoms with van der Waals surface area (Å²) in [6, 6.07) is 18.9. The third kappa shape index (κ3) is 3.97. The molecule has 0 saturated carbocycles. The molecule has 1 amide bonds. The highest BCUT2D eigenvalue weighted by molar-refractivity contribution is 7.99. The van der Waals surface area contributed by atoms with Crippen molar-refractivity contribution in [3.63, 3.8) is 0 Å². The molecular formula is C25H18N4O4S. The summed E-state index contributed by atoms with van der Waals surface area (Å²) in [4.78, 5) is 38.2. The van der Waals surface area contributed by atoms with Crippen molar-refractivity contribution in [3.8, 4) is 11.4 Å². The molecule has 1 aromatic heterocycles. The molecule has 8 nitrogen and oxygen atoms in total. The molecule has 1 aliphatic carbocycles. The number of methoxy groups -OCH3 is 1. The Morgan fingerprint density at radius 3 is 2.44 bits per heavy atom. The van der Waals surface area contributed by atoms with E-state index in [-0.39, 0.29) is 28.8 Å². The number of ether oxygens (including phenoxy) is 1. The van der Waals surface area contributed by atoms with E-state index in [0.29, 0.717) is 33.3 Å². The van der Waals surface area contributed by atoms with Crippen molar-refractivity contribution in [1.82, 2.24) is 14.8 Å². The van der Waals surface area contributed by atoms with Gasteiger partial charge in [-0.1, -0.05) is 42.1 Å². The number of rotatable bonds is 6. The van der Waals surface area contributed by atoms with Gasteiger partial charge in [0.05, 0.1) is 18.6 Å². The first kappa shape index (κ1) is 21.6. The first-order valence-corrected chi connectivity index (χ1v) is 11.3. The van der Waals surface area contributed by atoms with E-state index in [9.17, 15) is 14.4 Å². The van der Waals surface area contributed by atoms with Crippen molar-refractivity contribution in [3.05, 3.63) is 95.3 Å². The van der Waals surface area contributed by atoms with Gasteiger partial charge in [-0.2, -0.15) is 0 Å². The largest absolute Gasteiger partial charge is 0.497 e. The zero-order valence-corrected chi connectivity index (χ0v) is 18.8. The average molecular weight is 471 g/mol. The molecular weight excluding hydrogens is 452 g/mol. The standard InChI is InChI=1S/C25H18N4O4S/c1-33-17-6-4-5-16(12-17)29-14-26-28-25(29)34-13-22(30)27-15-9-10-20-21(11-15)24(32)19-8-3-2-7-18(19)23(20)31/h2-12,14H,13H2,1H3,(H,27,30). The second kappa shape index (κ2) is 8.95. The van der Waals surface area contributed by atoms with E-state index in [1.54, 1.807) is 60.5 Å². The summed E-state index contributed by atoms with van der Waals surface area (Å²) in [6.45, 7) is 0. The normalized spacial score (nSPS) is 12.1. The van der Waals surface area contributed by atoms with E-state index in [1.807, 2.05) is 24.3 Å². The van der Waals surface area contributed by atoms with Crippen molar-refractivity contribution in [2.24, 2.45) is 0 Å². The van der Waals surface area contributed by atoms with Gasteiger partial charge in [0.1, 0.15) is 12.1 Å². The summed E-state index contributed by atoms with van der Waals surface area (Å²) < 4.78 is 7.03. The third-order valence-corrected chi connectivity index (χ3v) is 6.33. The van der Waals surface area contributed by atoms with E-state index in [2.05, 4.69) is 15.5 Å². The van der Waals surface area contributed by atoms with Crippen LogP contribution in [0.15, 0.2) is 78.2 Å². The fraction of sp³-hybridized carbons (Fsp3) is 0.0800. The van der Waals surface area contributed by atoms with E-state index >= 15 is 0 Å². The summed E-state index contributed by atoms with van der Waals surface area (Å²) in [5, 5.41) is 11.4. The van der Waals surface area contributed by atoms with Gasteiger partial charge in [0, 0.05) is 34.0 Å². The summed E-state index contributed by atoms with van der Waals surface area (Å²) in [7, 11) is 1.59. The van der Waals surface area contributed by atoms with E-state index < -0.39 is 0 Å². The van der Waals surface area contributed by atoms with Crippen molar-refractivity contribution in [2.45, 2.75) is 5.16 Å². The van der Waals surface area contributed by atoms with Crippen LogP contribution in [0.3, 0.4) is 0 Å². The Bertz CT molecular complexity index is 1450. The molecule has 0 radical (unpaired) electrons. The van der Waals surface area contributed by atoms with Crippen LogP contribution in [0.5, 0.6) is 5.75 Å². The molecule has 9 heteroatoms. The number of hydrogen-bond acceptors (Lipinski definition) is 7. The van der Waals surface area contributed by atoms with Crippen LogP contribution in [0.2, 0.25) is 0 Å². The Labute approximate surface area is 199 Å². The molecule has 0 spiro atoms. The number of carbonyl (C=O) groups is 3. The van der Waals surface area contributed by atoms with Crippen LogP contribution in [-0.2, 0) is 4.79 Å². The Morgan fingerprint density at radius 1 is 0.941 bits per heavy atom. The number of benzene rings is 3. The Kier molecular flexibility index (Phi) is 5.69. The zero-order valence-electron chi connectivity index (χ0n) is 18.0. The molecule has 1 aliphatic rings. The average Bonchev–Trinajstić information content (AvgIpc) is 3.35. The number of aromatic nitrogens is 3. The summed E-state index contributed by atoms with van der Waals surface area (Å²) >= 11 is 1.23. The second-order valence-electron chi connectivity index (χ2n) is 7.49.